The number of rotatable bonds is 2. The Bertz CT molecular complexity index is 632. The molecule has 0 aliphatic rings. The van der Waals surface area contributed by atoms with Crippen molar-refractivity contribution in [1.82, 2.24) is 10.2 Å². The highest BCUT2D eigenvalue weighted by Gasteiger charge is 2.09. The second-order valence-corrected chi connectivity index (χ2v) is 3.69. The number of hydrogen-bond donors (Lipinski definition) is 2. The number of nitrogens with two attached hydrogens (primary N) is 1. The first-order chi connectivity index (χ1) is 8.09. The number of H-pyrrole nitrogens is 1. The molecule has 0 fully saturated rings. The summed E-state index contributed by atoms with van der Waals surface area (Å²) in [5.41, 5.74) is 7.27. The molecule has 0 unspecified atom stereocenters. The first-order valence-corrected chi connectivity index (χ1v) is 5.04. The summed E-state index contributed by atoms with van der Waals surface area (Å²) in [5, 5.41) is 5.96. The van der Waals surface area contributed by atoms with Gasteiger partial charge in [-0.15, -0.1) is 0 Å². The summed E-state index contributed by atoms with van der Waals surface area (Å²) in [6.45, 7) is 1.79. The molecule has 0 spiro atoms. The van der Waals surface area contributed by atoms with Crippen LogP contribution in [0.4, 0.5) is 0 Å². The number of primary amides is 1. The molecule has 0 saturated carbocycles. The predicted octanol–water partition coefficient (Wildman–Crippen LogP) is 0.844. The van der Waals surface area contributed by atoms with Gasteiger partial charge in [-0.3, -0.25) is 9.59 Å². The highest BCUT2D eigenvalue weighted by molar-refractivity contribution is 5.95. The van der Waals surface area contributed by atoms with Crippen molar-refractivity contribution in [2.24, 2.45) is 5.73 Å². The van der Waals surface area contributed by atoms with Crippen molar-refractivity contribution in [3.63, 3.8) is 0 Å². The highest BCUT2D eigenvalue weighted by atomic mass is 16.1. The molecule has 5 heteroatoms. The van der Waals surface area contributed by atoms with E-state index in [1.54, 1.807) is 31.2 Å². The van der Waals surface area contributed by atoms with Gasteiger partial charge in [0, 0.05) is 17.3 Å². The molecule has 1 aromatic carbocycles. The van der Waals surface area contributed by atoms with E-state index in [1.165, 1.54) is 6.20 Å². The Morgan fingerprint density at radius 1 is 1.35 bits per heavy atom. The molecule has 5 nitrogen and oxygen atoms in total. The summed E-state index contributed by atoms with van der Waals surface area (Å²) in [4.78, 5) is 22.8. The molecule has 1 aromatic heterocycles. The third-order valence-corrected chi connectivity index (χ3v) is 2.54. The summed E-state index contributed by atoms with van der Waals surface area (Å²) in [5.74, 6) is -0.505. The Balaban J connectivity index is 2.62. The van der Waals surface area contributed by atoms with Gasteiger partial charge in [0.2, 0.25) is 5.91 Å². The molecule has 0 aliphatic heterocycles. The highest BCUT2D eigenvalue weighted by Crippen LogP contribution is 2.18. The maximum atomic E-state index is 11.6. The second kappa shape index (κ2) is 4.21. The minimum Gasteiger partial charge on any atom is -0.366 e. The molecule has 17 heavy (non-hydrogen) atoms. The first kappa shape index (κ1) is 11.1. The molecular formula is C12H11N3O2. The van der Waals surface area contributed by atoms with Gasteiger partial charge in [0.05, 0.1) is 0 Å². The van der Waals surface area contributed by atoms with Crippen molar-refractivity contribution in [1.29, 1.82) is 0 Å². The Hall–Kier alpha value is -2.43. The van der Waals surface area contributed by atoms with E-state index < -0.39 is 5.91 Å². The normalized spacial score (nSPS) is 10.2. The van der Waals surface area contributed by atoms with Crippen LogP contribution in [0.1, 0.15) is 15.9 Å². The molecule has 0 radical (unpaired) electrons. The lowest BCUT2D eigenvalue weighted by molar-refractivity contribution is 0.1000. The van der Waals surface area contributed by atoms with Crippen molar-refractivity contribution in [3.05, 3.63) is 51.9 Å². The lowest BCUT2D eigenvalue weighted by Crippen LogP contribution is -2.14. The van der Waals surface area contributed by atoms with E-state index in [2.05, 4.69) is 10.2 Å². The summed E-state index contributed by atoms with van der Waals surface area (Å²) in [6, 6.07) is 6.73. The zero-order valence-electron chi connectivity index (χ0n) is 9.23. The van der Waals surface area contributed by atoms with Gasteiger partial charge in [-0.2, -0.15) is 5.10 Å². The largest absolute Gasteiger partial charge is 0.366 e. The minimum atomic E-state index is -0.505. The molecule has 0 atom stereocenters. The minimum absolute atomic E-state index is 0.299. The van der Waals surface area contributed by atoms with E-state index >= 15 is 0 Å². The van der Waals surface area contributed by atoms with E-state index in [1.807, 2.05) is 0 Å². The van der Waals surface area contributed by atoms with Crippen LogP contribution in [-0.4, -0.2) is 16.1 Å². The quantitative estimate of drug-likeness (QED) is 0.799. The zero-order valence-corrected chi connectivity index (χ0v) is 9.23. The van der Waals surface area contributed by atoms with Crippen LogP contribution in [-0.2, 0) is 0 Å². The van der Waals surface area contributed by atoms with Crippen LogP contribution in [0.3, 0.4) is 0 Å². The Kier molecular flexibility index (Phi) is 2.74. The first-order valence-electron chi connectivity index (χ1n) is 5.04. The van der Waals surface area contributed by atoms with Crippen molar-refractivity contribution < 1.29 is 4.79 Å². The number of benzene rings is 1. The fraction of sp³-hybridized carbons (Fsp3) is 0.0833. The van der Waals surface area contributed by atoms with Crippen molar-refractivity contribution in [2.45, 2.75) is 6.92 Å². The average Bonchev–Trinajstić information content (AvgIpc) is 2.30. The fourth-order valence-corrected chi connectivity index (χ4v) is 1.63. The van der Waals surface area contributed by atoms with Gasteiger partial charge in [0.15, 0.2) is 0 Å². The SMILES string of the molecule is Cc1ccc(-c2ccn[nH]c2=O)cc1C(N)=O. The topological polar surface area (TPSA) is 88.8 Å². The molecule has 0 aliphatic carbocycles. The molecule has 0 saturated heterocycles. The van der Waals surface area contributed by atoms with Crippen molar-refractivity contribution in [2.75, 3.05) is 0 Å². The average molecular weight is 229 g/mol. The van der Waals surface area contributed by atoms with Crippen LogP contribution < -0.4 is 11.3 Å². The number of hydrogen-bond acceptors (Lipinski definition) is 3. The number of amides is 1. The van der Waals surface area contributed by atoms with E-state index in [4.69, 9.17) is 5.73 Å². The lowest BCUT2D eigenvalue weighted by Gasteiger charge is -2.05. The van der Waals surface area contributed by atoms with E-state index in [0.29, 0.717) is 16.7 Å². The van der Waals surface area contributed by atoms with Crippen LogP contribution in [0, 0.1) is 6.92 Å². The Morgan fingerprint density at radius 2 is 2.12 bits per heavy atom. The van der Waals surface area contributed by atoms with Crippen molar-refractivity contribution >= 4 is 5.91 Å². The zero-order chi connectivity index (χ0) is 12.4. The van der Waals surface area contributed by atoms with Gasteiger partial charge in [0.25, 0.3) is 5.56 Å². The summed E-state index contributed by atoms with van der Waals surface area (Å²) in [6.07, 6.45) is 1.49. The summed E-state index contributed by atoms with van der Waals surface area (Å²) in [7, 11) is 0. The van der Waals surface area contributed by atoms with Gasteiger partial charge in [0.1, 0.15) is 0 Å². The standard InChI is InChI=1S/C12H11N3O2/c1-7-2-3-8(6-10(7)11(13)16)9-4-5-14-15-12(9)17/h2-6H,1H3,(H2,13,16)(H,15,17). The summed E-state index contributed by atoms with van der Waals surface area (Å²) < 4.78 is 0. The second-order valence-electron chi connectivity index (χ2n) is 3.69. The van der Waals surface area contributed by atoms with Crippen molar-refractivity contribution in [3.8, 4) is 11.1 Å². The number of nitrogens with zero attached hydrogens (tertiary/aromatic N) is 1. The molecule has 0 bridgehead atoms. The van der Waals surface area contributed by atoms with Crippen LogP contribution in [0.5, 0.6) is 0 Å². The molecule has 3 N–H and O–H groups in total. The third kappa shape index (κ3) is 2.08. The number of aromatic amines is 1. The monoisotopic (exact) mass is 229 g/mol. The van der Waals surface area contributed by atoms with Crippen LogP contribution in [0.2, 0.25) is 0 Å². The van der Waals surface area contributed by atoms with Crippen LogP contribution in [0.15, 0.2) is 35.3 Å². The number of aromatic nitrogens is 2. The molecule has 1 heterocycles. The molecule has 2 aromatic rings. The van der Waals surface area contributed by atoms with Gasteiger partial charge in [-0.05, 0) is 30.2 Å². The van der Waals surface area contributed by atoms with Gasteiger partial charge in [-0.1, -0.05) is 12.1 Å². The molecule has 2 rings (SSSR count). The van der Waals surface area contributed by atoms with Gasteiger partial charge < -0.3 is 5.73 Å². The number of aryl methyl sites for hydroxylation is 1. The van der Waals surface area contributed by atoms with E-state index in [0.717, 1.165) is 5.56 Å². The maximum Gasteiger partial charge on any atom is 0.272 e. The lowest BCUT2D eigenvalue weighted by atomic mass is 10.0. The number of carbonyl (C=O) groups excluding carboxylic acids is 1. The molecule has 86 valence electrons. The van der Waals surface area contributed by atoms with E-state index in [-0.39, 0.29) is 5.56 Å². The predicted molar refractivity (Wildman–Crippen MR) is 63.5 cm³/mol. The number of carbonyl (C=O) groups is 1. The van der Waals surface area contributed by atoms with Gasteiger partial charge in [-0.25, -0.2) is 5.10 Å². The maximum absolute atomic E-state index is 11.6. The smallest absolute Gasteiger partial charge is 0.272 e. The molecule has 1 amide bonds. The fourth-order valence-electron chi connectivity index (χ4n) is 1.63. The Morgan fingerprint density at radius 3 is 2.76 bits per heavy atom. The Labute approximate surface area is 97.3 Å². The summed E-state index contributed by atoms with van der Waals surface area (Å²) >= 11 is 0. The van der Waals surface area contributed by atoms with Gasteiger partial charge >= 0.3 is 0 Å². The van der Waals surface area contributed by atoms with Crippen LogP contribution in [0.25, 0.3) is 11.1 Å². The molecular weight excluding hydrogens is 218 g/mol. The van der Waals surface area contributed by atoms with E-state index in [9.17, 15) is 9.59 Å². The third-order valence-electron chi connectivity index (χ3n) is 2.54. The number of nitrogens with one attached hydrogen (secondary N) is 1. The van der Waals surface area contributed by atoms with Crippen LogP contribution >= 0.6 is 0 Å².